The second-order valence-corrected chi connectivity index (χ2v) is 11.6. The average molecular weight is 532 g/mol. The molecule has 1 saturated heterocycles. The number of benzene rings is 3. The summed E-state index contributed by atoms with van der Waals surface area (Å²) >= 11 is 12.4. The standard InChI is InChI=1S/C27H28Cl2N2O3S/c1-19-9-5-6-13-22(19)26(20-10-3-2-4-11-20)30-27(32)21-12-8-16-31(17-21)35(33,34)18-23-24(28)14-7-15-25(23)29/h2-7,9-11,13-15,21,26H,8,12,16-18H2,1H3,(H,30,32)/t21-,26-/m0/s1. The molecule has 1 amide bonds. The minimum absolute atomic E-state index is 0.130. The average Bonchev–Trinajstić information content (AvgIpc) is 2.86. The first-order valence-electron chi connectivity index (χ1n) is 11.6. The smallest absolute Gasteiger partial charge is 0.225 e. The number of amides is 1. The molecular weight excluding hydrogens is 503 g/mol. The van der Waals surface area contributed by atoms with E-state index < -0.39 is 15.9 Å². The molecule has 0 spiro atoms. The normalized spacial score (nSPS) is 17.6. The Kier molecular flexibility index (Phi) is 8.17. The molecule has 0 aliphatic carbocycles. The molecule has 2 atom stereocenters. The van der Waals surface area contributed by atoms with Crippen LogP contribution in [0.25, 0.3) is 0 Å². The molecule has 0 aromatic heterocycles. The number of nitrogens with one attached hydrogen (secondary N) is 1. The first-order valence-corrected chi connectivity index (χ1v) is 13.9. The summed E-state index contributed by atoms with van der Waals surface area (Å²) in [4.78, 5) is 13.4. The SMILES string of the molecule is Cc1ccccc1[C@@H](NC(=O)[C@H]1CCCN(S(=O)(=O)Cc2c(Cl)cccc2Cl)C1)c1ccccc1. The lowest BCUT2D eigenvalue weighted by Crippen LogP contribution is -2.46. The Bertz CT molecular complexity index is 1280. The highest BCUT2D eigenvalue weighted by molar-refractivity contribution is 7.88. The number of carbonyl (C=O) groups excluding carboxylic acids is 1. The van der Waals surface area contributed by atoms with Crippen molar-refractivity contribution in [3.63, 3.8) is 0 Å². The van der Waals surface area contributed by atoms with Crippen LogP contribution in [0.15, 0.2) is 72.8 Å². The molecule has 1 heterocycles. The van der Waals surface area contributed by atoms with E-state index in [1.807, 2.05) is 61.5 Å². The van der Waals surface area contributed by atoms with Gasteiger partial charge in [-0.2, -0.15) is 0 Å². The highest BCUT2D eigenvalue weighted by Gasteiger charge is 2.34. The zero-order valence-corrected chi connectivity index (χ0v) is 21.8. The molecule has 0 bridgehead atoms. The van der Waals surface area contributed by atoms with Crippen molar-refractivity contribution in [2.75, 3.05) is 13.1 Å². The number of hydrogen-bond acceptors (Lipinski definition) is 3. The van der Waals surface area contributed by atoms with Gasteiger partial charge >= 0.3 is 0 Å². The minimum Gasteiger partial charge on any atom is -0.345 e. The first-order chi connectivity index (χ1) is 16.8. The van der Waals surface area contributed by atoms with Crippen LogP contribution in [0, 0.1) is 12.8 Å². The minimum atomic E-state index is -3.70. The Labute approximate surface area is 217 Å². The summed E-state index contributed by atoms with van der Waals surface area (Å²) in [6.07, 6.45) is 1.23. The Morgan fingerprint density at radius 3 is 2.34 bits per heavy atom. The van der Waals surface area contributed by atoms with Gasteiger partial charge in [0.25, 0.3) is 0 Å². The third-order valence-electron chi connectivity index (χ3n) is 6.46. The number of rotatable bonds is 7. The third kappa shape index (κ3) is 6.07. The number of nitrogens with zero attached hydrogens (tertiary/aromatic N) is 1. The van der Waals surface area contributed by atoms with E-state index in [-0.39, 0.29) is 24.2 Å². The van der Waals surface area contributed by atoms with Crippen molar-refractivity contribution in [3.8, 4) is 0 Å². The van der Waals surface area contributed by atoms with E-state index >= 15 is 0 Å². The molecule has 3 aromatic rings. The van der Waals surface area contributed by atoms with Crippen molar-refractivity contribution in [3.05, 3.63) is 105 Å². The Balaban J connectivity index is 1.52. The topological polar surface area (TPSA) is 66.5 Å². The van der Waals surface area contributed by atoms with E-state index in [1.165, 1.54) is 4.31 Å². The van der Waals surface area contributed by atoms with E-state index in [1.54, 1.807) is 18.2 Å². The zero-order chi connectivity index (χ0) is 25.0. The van der Waals surface area contributed by atoms with Crippen LogP contribution in [-0.2, 0) is 20.6 Å². The van der Waals surface area contributed by atoms with Gasteiger partial charge < -0.3 is 5.32 Å². The molecule has 4 rings (SSSR count). The van der Waals surface area contributed by atoms with Crippen molar-refractivity contribution < 1.29 is 13.2 Å². The van der Waals surface area contributed by atoms with Gasteiger partial charge in [0.1, 0.15) is 0 Å². The fourth-order valence-electron chi connectivity index (χ4n) is 4.51. The molecule has 0 radical (unpaired) electrons. The first kappa shape index (κ1) is 25.7. The van der Waals surface area contributed by atoms with Gasteiger partial charge in [0.05, 0.1) is 17.7 Å². The molecule has 1 N–H and O–H groups in total. The fourth-order valence-corrected chi connectivity index (χ4v) is 6.87. The maximum Gasteiger partial charge on any atom is 0.225 e. The van der Waals surface area contributed by atoms with Crippen molar-refractivity contribution in [2.45, 2.75) is 31.6 Å². The molecule has 1 aliphatic rings. The molecule has 8 heteroatoms. The lowest BCUT2D eigenvalue weighted by atomic mass is 9.93. The highest BCUT2D eigenvalue weighted by atomic mass is 35.5. The predicted molar refractivity (Wildman–Crippen MR) is 141 cm³/mol. The lowest BCUT2D eigenvalue weighted by molar-refractivity contribution is -0.126. The number of aryl methyl sites for hydroxylation is 1. The summed E-state index contributed by atoms with van der Waals surface area (Å²) in [7, 11) is -3.70. The van der Waals surface area contributed by atoms with Gasteiger partial charge in [-0.25, -0.2) is 12.7 Å². The summed E-state index contributed by atoms with van der Waals surface area (Å²) in [5.74, 6) is -0.899. The van der Waals surface area contributed by atoms with Crippen molar-refractivity contribution >= 4 is 39.1 Å². The van der Waals surface area contributed by atoms with Crippen molar-refractivity contribution in [1.82, 2.24) is 9.62 Å². The molecule has 1 fully saturated rings. The van der Waals surface area contributed by atoms with Crippen LogP contribution in [0.5, 0.6) is 0 Å². The van der Waals surface area contributed by atoms with Gasteiger partial charge in [-0.3, -0.25) is 4.79 Å². The summed E-state index contributed by atoms with van der Waals surface area (Å²) in [5.41, 5.74) is 3.45. The van der Waals surface area contributed by atoms with Crippen LogP contribution in [0.4, 0.5) is 0 Å². The second-order valence-electron chi connectivity index (χ2n) is 8.86. The number of sulfonamides is 1. The van der Waals surface area contributed by atoms with Gasteiger partial charge in [0, 0.05) is 28.7 Å². The van der Waals surface area contributed by atoms with Crippen LogP contribution < -0.4 is 5.32 Å². The molecule has 0 unspecified atom stereocenters. The number of hydrogen-bond donors (Lipinski definition) is 1. The number of halogens is 2. The van der Waals surface area contributed by atoms with Crippen molar-refractivity contribution in [2.24, 2.45) is 5.92 Å². The molecule has 35 heavy (non-hydrogen) atoms. The molecule has 0 saturated carbocycles. The fraction of sp³-hybridized carbons (Fsp3) is 0.296. The van der Waals surface area contributed by atoms with Gasteiger partial charge in [-0.15, -0.1) is 0 Å². The van der Waals surface area contributed by atoms with E-state index in [9.17, 15) is 13.2 Å². The Hall–Kier alpha value is -2.38. The van der Waals surface area contributed by atoms with Crippen LogP contribution in [0.1, 0.15) is 41.1 Å². The van der Waals surface area contributed by atoms with Crippen molar-refractivity contribution in [1.29, 1.82) is 0 Å². The van der Waals surface area contributed by atoms with Gasteiger partial charge in [-0.1, -0.05) is 83.9 Å². The zero-order valence-electron chi connectivity index (χ0n) is 19.5. The predicted octanol–water partition coefficient (Wildman–Crippen LogP) is 5.75. The molecule has 1 aliphatic heterocycles. The van der Waals surface area contributed by atoms with Gasteiger partial charge in [0.15, 0.2) is 0 Å². The van der Waals surface area contributed by atoms with Crippen LogP contribution in [0.2, 0.25) is 10.0 Å². The van der Waals surface area contributed by atoms with Gasteiger partial charge in [-0.05, 0) is 48.6 Å². The largest absolute Gasteiger partial charge is 0.345 e. The monoisotopic (exact) mass is 530 g/mol. The number of carbonyl (C=O) groups is 1. The highest BCUT2D eigenvalue weighted by Crippen LogP contribution is 2.30. The molecular formula is C27H28Cl2N2O3S. The Morgan fingerprint density at radius 1 is 1.00 bits per heavy atom. The summed E-state index contributed by atoms with van der Waals surface area (Å²) in [6, 6.07) is 22.4. The van der Waals surface area contributed by atoms with E-state index in [2.05, 4.69) is 5.32 Å². The van der Waals surface area contributed by atoms with E-state index in [4.69, 9.17) is 23.2 Å². The maximum absolute atomic E-state index is 13.4. The molecule has 184 valence electrons. The summed E-state index contributed by atoms with van der Waals surface area (Å²) < 4.78 is 27.8. The third-order valence-corrected chi connectivity index (χ3v) is 8.94. The molecule has 5 nitrogen and oxygen atoms in total. The maximum atomic E-state index is 13.4. The van der Waals surface area contributed by atoms with E-state index in [0.29, 0.717) is 35.0 Å². The van der Waals surface area contributed by atoms with E-state index in [0.717, 1.165) is 16.7 Å². The number of piperidine rings is 1. The van der Waals surface area contributed by atoms with Gasteiger partial charge in [0.2, 0.25) is 15.9 Å². The lowest BCUT2D eigenvalue weighted by Gasteiger charge is -2.32. The molecule has 3 aromatic carbocycles. The summed E-state index contributed by atoms with van der Waals surface area (Å²) in [6.45, 7) is 2.52. The summed E-state index contributed by atoms with van der Waals surface area (Å²) in [5, 5.41) is 3.83. The second kappa shape index (κ2) is 11.1. The van der Waals surface area contributed by atoms with Crippen LogP contribution >= 0.6 is 23.2 Å². The Morgan fingerprint density at radius 2 is 1.66 bits per heavy atom. The quantitative estimate of drug-likeness (QED) is 0.422. The van der Waals surface area contributed by atoms with Crippen LogP contribution in [0.3, 0.4) is 0 Å². The van der Waals surface area contributed by atoms with Crippen LogP contribution in [-0.4, -0.2) is 31.7 Å².